The highest BCUT2D eigenvalue weighted by molar-refractivity contribution is 5.98. The third-order valence-corrected chi connectivity index (χ3v) is 5.85. The number of nitrogens with zero attached hydrogens (tertiary/aromatic N) is 4. The van der Waals surface area contributed by atoms with Gasteiger partial charge in [-0.2, -0.15) is 5.10 Å². The standard InChI is InChI=1S/C22H25FN8O3/c1-12(27-22(33)34)18(13-4-2-5-13)29-21-17(23)9-16(19(24)32)20(30-21)28-14-8-15(11-25-10-14)31-7-3-6-26-31/h3,6-13,18,27H,2,4-5H2,1H3,(H2,24,32)(H,33,34)(H2,28,29,30)/t12-,18+/m0/s1. The quantitative estimate of drug-likeness (QED) is 0.320. The molecule has 6 N–H and O–H groups in total. The van der Waals surface area contributed by atoms with Crippen LogP contribution >= 0.6 is 0 Å². The molecule has 2 atom stereocenters. The average Bonchev–Trinajstić information content (AvgIpc) is 3.28. The summed E-state index contributed by atoms with van der Waals surface area (Å²) in [5.74, 6) is -1.53. The van der Waals surface area contributed by atoms with E-state index >= 15 is 0 Å². The first-order valence-corrected chi connectivity index (χ1v) is 10.8. The summed E-state index contributed by atoms with van der Waals surface area (Å²) in [6, 6.07) is 3.63. The highest BCUT2D eigenvalue weighted by Gasteiger charge is 2.33. The number of carbonyl (C=O) groups excluding carboxylic acids is 1. The Kier molecular flexibility index (Phi) is 6.57. The number of aromatic nitrogens is 4. The first kappa shape index (κ1) is 23.0. The van der Waals surface area contributed by atoms with Crippen molar-refractivity contribution in [1.82, 2.24) is 25.1 Å². The maximum absolute atomic E-state index is 14.9. The van der Waals surface area contributed by atoms with Gasteiger partial charge in [0.25, 0.3) is 5.91 Å². The number of amides is 2. The van der Waals surface area contributed by atoms with Crippen molar-refractivity contribution >= 4 is 29.3 Å². The monoisotopic (exact) mass is 468 g/mol. The van der Waals surface area contributed by atoms with Gasteiger partial charge in [0, 0.05) is 18.4 Å². The van der Waals surface area contributed by atoms with E-state index in [9.17, 15) is 14.0 Å². The number of rotatable bonds is 9. The average molecular weight is 468 g/mol. The lowest BCUT2D eigenvalue weighted by molar-refractivity contribution is 0.1000. The molecule has 4 rings (SSSR count). The van der Waals surface area contributed by atoms with Crippen molar-refractivity contribution in [2.24, 2.45) is 11.7 Å². The fraction of sp³-hybridized carbons (Fsp3) is 0.318. The van der Waals surface area contributed by atoms with Crippen molar-refractivity contribution in [2.45, 2.75) is 38.3 Å². The minimum absolute atomic E-state index is 0.0435. The molecule has 1 aliphatic carbocycles. The van der Waals surface area contributed by atoms with Gasteiger partial charge in [0.15, 0.2) is 11.6 Å². The van der Waals surface area contributed by atoms with Crippen LogP contribution in [0.15, 0.2) is 43.0 Å². The number of primary amides is 1. The number of pyridine rings is 2. The molecule has 178 valence electrons. The zero-order valence-corrected chi connectivity index (χ0v) is 18.4. The van der Waals surface area contributed by atoms with E-state index in [4.69, 9.17) is 10.8 Å². The summed E-state index contributed by atoms with van der Waals surface area (Å²) >= 11 is 0. The van der Waals surface area contributed by atoms with Crippen LogP contribution in [0.25, 0.3) is 5.69 Å². The number of nitrogens with one attached hydrogen (secondary N) is 3. The van der Waals surface area contributed by atoms with Gasteiger partial charge in [-0.3, -0.25) is 9.78 Å². The molecular weight excluding hydrogens is 443 g/mol. The molecule has 11 nitrogen and oxygen atoms in total. The highest BCUT2D eigenvalue weighted by Crippen LogP contribution is 2.34. The molecule has 1 saturated carbocycles. The smallest absolute Gasteiger partial charge is 0.404 e. The summed E-state index contributed by atoms with van der Waals surface area (Å²) < 4.78 is 16.5. The zero-order chi connectivity index (χ0) is 24.2. The molecule has 1 aliphatic rings. The van der Waals surface area contributed by atoms with Gasteiger partial charge < -0.3 is 26.8 Å². The number of hydrogen-bond acceptors (Lipinski definition) is 7. The largest absolute Gasteiger partial charge is 0.465 e. The Hall–Kier alpha value is -4.22. The molecule has 0 bridgehead atoms. The molecule has 0 radical (unpaired) electrons. The summed E-state index contributed by atoms with van der Waals surface area (Å²) in [5, 5.41) is 21.7. The van der Waals surface area contributed by atoms with E-state index in [2.05, 4.69) is 31.0 Å². The van der Waals surface area contributed by atoms with Gasteiger partial charge >= 0.3 is 6.09 Å². The van der Waals surface area contributed by atoms with Crippen molar-refractivity contribution < 1.29 is 19.1 Å². The van der Waals surface area contributed by atoms with E-state index in [1.54, 1.807) is 42.3 Å². The molecule has 0 unspecified atom stereocenters. The predicted octanol–water partition coefficient (Wildman–Crippen LogP) is 2.88. The summed E-state index contributed by atoms with van der Waals surface area (Å²) in [6.07, 6.45) is 8.14. The summed E-state index contributed by atoms with van der Waals surface area (Å²) in [7, 11) is 0. The number of carbonyl (C=O) groups is 2. The number of hydrogen-bond donors (Lipinski definition) is 5. The SMILES string of the molecule is C[C@H](NC(=O)O)[C@@H](Nc1nc(Nc2cncc(-n3cccn3)c2)c(C(N)=O)cc1F)C1CCC1. The third kappa shape index (κ3) is 5.05. The van der Waals surface area contributed by atoms with Crippen LogP contribution < -0.4 is 21.7 Å². The fourth-order valence-electron chi connectivity index (χ4n) is 3.95. The Labute approximate surface area is 194 Å². The van der Waals surface area contributed by atoms with Crippen LogP contribution in [-0.2, 0) is 0 Å². The fourth-order valence-corrected chi connectivity index (χ4v) is 3.95. The van der Waals surface area contributed by atoms with Gasteiger partial charge in [-0.25, -0.2) is 18.9 Å². The van der Waals surface area contributed by atoms with Gasteiger partial charge in [0.1, 0.15) is 5.82 Å². The second-order valence-electron chi connectivity index (χ2n) is 8.19. The lowest BCUT2D eigenvalue weighted by atomic mass is 9.77. The summed E-state index contributed by atoms with van der Waals surface area (Å²) in [4.78, 5) is 31.6. The van der Waals surface area contributed by atoms with E-state index in [0.717, 1.165) is 25.3 Å². The Morgan fingerprint density at radius 2 is 2.06 bits per heavy atom. The summed E-state index contributed by atoms with van der Waals surface area (Å²) in [5.41, 5.74) is 6.48. The lowest BCUT2D eigenvalue weighted by Crippen LogP contribution is -2.50. The first-order chi connectivity index (χ1) is 16.3. The van der Waals surface area contributed by atoms with Crippen molar-refractivity contribution in [1.29, 1.82) is 0 Å². The molecule has 2 amide bonds. The molecule has 3 aromatic heterocycles. The predicted molar refractivity (Wildman–Crippen MR) is 123 cm³/mol. The van der Waals surface area contributed by atoms with Crippen LogP contribution in [0, 0.1) is 11.7 Å². The van der Waals surface area contributed by atoms with Crippen LogP contribution in [0.2, 0.25) is 0 Å². The molecule has 0 spiro atoms. The lowest BCUT2D eigenvalue weighted by Gasteiger charge is -2.38. The first-order valence-electron chi connectivity index (χ1n) is 10.8. The third-order valence-electron chi connectivity index (χ3n) is 5.85. The Balaban J connectivity index is 1.64. The van der Waals surface area contributed by atoms with Crippen LogP contribution in [0.4, 0.5) is 26.5 Å². The molecule has 3 aromatic rings. The number of nitrogens with two attached hydrogens (primary N) is 1. The molecule has 12 heteroatoms. The molecular formula is C22H25FN8O3. The zero-order valence-electron chi connectivity index (χ0n) is 18.4. The molecule has 0 aliphatic heterocycles. The summed E-state index contributed by atoms with van der Waals surface area (Å²) in [6.45, 7) is 1.71. The van der Waals surface area contributed by atoms with Gasteiger partial charge in [0.2, 0.25) is 0 Å². The molecule has 0 saturated heterocycles. The second kappa shape index (κ2) is 9.73. The topological polar surface area (TPSA) is 160 Å². The Morgan fingerprint density at radius 3 is 2.68 bits per heavy atom. The molecule has 3 heterocycles. The normalized spacial score (nSPS) is 15.1. The highest BCUT2D eigenvalue weighted by atomic mass is 19.1. The van der Waals surface area contributed by atoms with Crippen molar-refractivity contribution in [3.05, 3.63) is 54.4 Å². The van der Waals surface area contributed by atoms with Crippen LogP contribution in [-0.4, -0.2) is 48.9 Å². The minimum atomic E-state index is -1.16. The Morgan fingerprint density at radius 1 is 1.26 bits per heavy atom. The van der Waals surface area contributed by atoms with Crippen molar-refractivity contribution in [3.63, 3.8) is 0 Å². The maximum atomic E-state index is 14.9. The van der Waals surface area contributed by atoms with E-state index in [0.29, 0.717) is 11.4 Å². The minimum Gasteiger partial charge on any atom is -0.465 e. The van der Waals surface area contributed by atoms with Crippen molar-refractivity contribution in [2.75, 3.05) is 10.6 Å². The molecule has 34 heavy (non-hydrogen) atoms. The number of halogens is 1. The van der Waals surface area contributed by atoms with E-state index in [1.807, 2.05) is 0 Å². The van der Waals surface area contributed by atoms with Crippen LogP contribution in [0.3, 0.4) is 0 Å². The van der Waals surface area contributed by atoms with Gasteiger partial charge in [-0.15, -0.1) is 0 Å². The maximum Gasteiger partial charge on any atom is 0.404 e. The van der Waals surface area contributed by atoms with Crippen molar-refractivity contribution in [3.8, 4) is 5.69 Å². The molecule has 1 fully saturated rings. The van der Waals surface area contributed by atoms with Gasteiger partial charge in [0.05, 0.1) is 35.4 Å². The van der Waals surface area contributed by atoms with Gasteiger partial charge in [-0.1, -0.05) is 6.42 Å². The van der Waals surface area contributed by atoms with E-state index in [-0.39, 0.29) is 29.2 Å². The second-order valence-corrected chi connectivity index (χ2v) is 8.19. The number of carboxylic acid groups (broad SMARTS) is 1. The molecule has 0 aromatic carbocycles. The van der Waals surface area contributed by atoms with E-state index < -0.39 is 23.9 Å². The van der Waals surface area contributed by atoms with Gasteiger partial charge in [-0.05, 0) is 43.9 Å². The van der Waals surface area contributed by atoms with Crippen LogP contribution in [0.5, 0.6) is 0 Å². The van der Waals surface area contributed by atoms with E-state index in [1.165, 1.54) is 6.20 Å². The Bertz CT molecular complexity index is 1180. The van der Waals surface area contributed by atoms with Crippen LogP contribution in [0.1, 0.15) is 36.5 Å². The number of anilines is 3.